The third-order valence-corrected chi connectivity index (χ3v) is 11.5. The Balaban J connectivity index is 1.61. The summed E-state index contributed by atoms with van der Waals surface area (Å²) in [6.45, 7) is 0.616. The smallest absolute Gasteiger partial charge is 0.273 e. The van der Waals surface area contributed by atoms with Crippen LogP contribution in [0.25, 0.3) is 0 Å². The van der Waals surface area contributed by atoms with Crippen LogP contribution in [0.4, 0.5) is 11.4 Å². The Morgan fingerprint density at radius 2 is 1.65 bits per heavy atom. The fraction of sp³-hybridized carbons (Fsp3) is 0.316. The monoisotopic (exact) mass is 766 g/mol. The zero-order chi connectivity index (χ0) is 37.4. The second-order valence-electron chi connectivity index (χ2n) is 12.7. The molecule has 4 aromatic carbocycles. The van der Waals surface area contributed by atoms with Gasteiger partial charge >= 0.3 is 0 Å². The number of carbonyl (C=O) groups is 2. The van der Waals surface area contributed by atoms with Crippen LogP contribution in [0.5, 0.6) is 5.75 Å². The van der Waals surface area contributed by atoms with E-state index in [1.54, 1.807) is 24.3 Å². The van der Waals surface area contributed by atoms with Gasteiger partial charge < -0.3 is 15.0 Å². The summed E-state index contributed by atoms with van der Waals surface area (Å²) in [4.78, 5) is 41.2. The van der Waals surface area contributed by atoms with Gasteiger partial charge in [0.05, 0.1) is 22.6 Å². The molecule has 0 radical (unpaired) electrons. The number of carbonyl (C=O) groups excluding carboxylic acids is 2. The van der Waals surface area contributed by atoms with Crippen molar-refractivity contribution in [2.75, 3.05) is 18.0 Å². The van der Waals surface area contributed by atoms with Crippen molar-refractivity contribution in [1.82, 2.24) is 10.2 Å². The molecular weight excluding hydrogens is 727 g/mol. The van der Waals surface area contributed by atoms with Gasteiger partial charge in [0.1, 0.15) is 18.3 Å². The number of aryl methyl sites for hydroxylation is 1. The normalized spacial score (nSPS) is 13.9. The van der Waals surface area contributed by atoms with Crippen LogP contribution in [0, 0.1) is 17.0 Å². The van der Waals surface area contributed by atoms with E-state index in [0.717, 1.165) is 48.0 Å². The first-order chi connectivity index (χ1) is 24.9. The predicted octanol–water partition coefficient (Wildman–Crippen LogP) is 7.50. The number of hydrogen-bond donors (Lipinski definition) is 1. The number of sulfonamides is 1. The molecular formula is C38H40Cl2N4O7S. The summed E-state index contributed by atoms with van der Waals surface area (Å²) in [6.07, 6.45) is 4.79. The third-order valence-electron chi connectivity index (χ3n) is 9.18. The van der Waals surface area contributed by atoms with Crippen LogP contribution in [-0.4, -0.2) is 55.8 Å². The molecule has 1 fully saturated rings. The average molecular weight is 768 g/mol. The largest absolute Gasteiger partial charge is 0.497 e. The van der Waals surface area contributed by atoms with Gasteiger partial charge in [0.15, 0.2) is 0 Å². The van der Waals surface area contributed by atoms with Crippen molar-refractivity contribution in [3.63, 3.8) is 0 Å². The minimum atomic E-state index is -4.59. The number of halogens is 2. The highest BCUT2D eigenvalue weighted by atomic mass is 35.5. The van der Waals surface area contributed by atoms with E-state index in [0.29, 0.717) is 16.3 Å². The minimum absolute atomic E-state index is 0.0656. The lowest BCUT2D eigenvalue weighted by atomic mass is 9.94. The van der Waals surface area contributed by atoms with Crippen molar-refractivity contribution in [1.29, 1.82) is 0 Å². The zero-order valence-corrected chi connectivity index (χ0v) is 31.2. The van der Waals surface area contributed by atoms with Gasteiger partial charge in [-0.1, -0.05) is 84.9 Å². The molecule has 1 saturated carbocycles. The molecule has 0 aromatic heterocycles. The fourth-order valence-electron chi connectivity index (χ4n) is 6.28. The van der Waals surface area contributed by atoms with Gasteiger partial charge in [0, 0.05) is 40.7 Å². The summed E-state index contributed by atoms with van der Waals surface area (Å²) in [6, 6.07) is 22.6. The first kappa shape index (κ1) is 38.6. The summed E-state index contributed by atoms with van der Waals surface area (Å²) >= 11 is 12.8. The molecule has 1 aliphatic carbocycles. The molecule has 11 nitrogen and oxygen atoms in total. The van der Waals surface area contributed by atoms with Crippen LogP contribution in [0.1, 0.15) is 48.8 Å². The molecule has 1 atom stereocenters. The molecule has 14 heteroatoms. The van der Waals surface area contributed by atoms with Crippen LogP contribution in [0.15, 0.2) is 95.9 Å². The molecule has 4 aromatic rings. The lowest BCUT2D eigenvalue weighted by molar-refractivity contribution is -0.385. The number of rotatable bonds is 14. The van der Waals surface area contributed by atoms with Crippen LogP contribution in [0.2, 0.25) is 10.0 Å². The molecule has 1 aliphatic rings. The molecule has 0 bridgehead atoms. The van der Waals surface area contributed by atoms with E-state index in [2.05, 4.69) is 5.32 Å². The second kappa shape index (κ2) is 17.2. The van der Waals surface area contributed by atoms with Crippen LogP contribution >= 0.6 is 23.2 Å². The Morgan fingerprint density at radius 3 is 2.29 bits per heavy atom. The number of benzene rings is 4. The molecule has 274 valence electrons. The van der Waals surface area contributed by atoms with Crippen LogP contribution < -0.4 is 14.4 Å². The van der Waals surface area contributed by atoms with Crippen LogP contribution in [-0.2, 0) is 32.6 Å². The summed E-state index contributed by atoms with van der Waals surface area (Å²) in [5.74, 6) is -0.631. The molecule has 0 unspecified atom stereocenters. The van der Waals surface area contributed by atoms with Gasteiger partial charge in [-0.15, -0.1) is 0 Å². The van der Waals surface area contributed by atoms with Crippen molar-refractivity contribution in [3.05, 3.63) is 128 Å². The summed E-state index contributed by atoms with van der Waals surface area (Å²) in [5.41, 5.74) is 1.28. The SMILES string of the molecule is COc1ccc(N(CC(=O)N(Cc2ccc(Cl)cc2Cl)[C@H](Cc2ccccc2)C(=O)NC2CCCCC2)S(=O)(=O)c2ccc(C)c([N+](=O)[O-])c2)cc1. The number of nitro benzene ring substituents is 1. The maximum absolute atomic E-state index is 14.8. The van der Waals surface area contributed by atoms with Crippen molar-refractivity contribution in [2.45, 2.75) is 69.0 Å². The third kappa shape index (κ3) is 9.41. The highest BCUT2D eigenvalue weighted by molar-refractivity contribution is 7.92. The predicted molar refractivity (Wildman–Crippen MR) is 201 cm³/mol. The Labute approximate surface area is 313 Å². The maximum atomic E-state index is 14.8. The number of methoxy groups -OCH3 is 1. The number of nitrogens with one attached hydrogen (secondary N) is 1. The number of anilines is 1. The van der Waals surface area contributed by atoms with Gasteiger partial charge in [-0.25, -0.2) is 8.42 Å². The van der Waals surface area contributed by atoms with Gasteiger partial charge in [0.2, 0.25) is 11.8 Å². The maximum Gasteiger partial charge on any atom is 0.273 e. The van der Waals surface area contributed by atoms with Gasteiger partial charge in [-0.3, -0.25) is 24.0 Å². The summed E-state index contributed by atoms with van der Waals surface area (Å²) in [7, 11) is -3.13. The first-order valence-electron chi connectivity index (χ1n) is 16.9. The number of nitro groups is 1. The number of ether oxygens (including phenoxy) is 1. The van der Waals surface area contributed by atoms with Crippen molar-refractivity contribution in [3.8, 4) is 5.75 Å². The van der Waals surface area contributed by atoms with E-state index >= 15 is 0 Å². The minimum Gasteiger partial charge on any atom is -0.497 e. The molecule has 2 amide bonds. The van der Waals surface area contributed by atoms with Crippen molar-refractivity contribution >= 4 is 56.4 Å². The van der Waals surface area contributed by atoms with E-state index < -0.39 is 33.4 Å². The van der Waals surface area contributed by atoms with E-state index in [4.69, 9.17) is 27.9 Å². The molecule has 0 saturated heterocycles. The van der Waals surface area contributed by atoms with Gasteiger partial charge in [-0.05, 0) is 73.4 Å². The Hall–Kier alpha value is -4.65. The fourth-order valence-corrected chi connectivity index (χ4v) is 8.19. The molecule has 52 heavy (non-hydrogen) atoms. The van der Waals surface area contributed by atoms with Gasteiger partial charge in [-0.2, -0.15) is 0 Å². The average Bonchev–Trinajstić information content (AvgIpc) is 3.13. The lowest BCUT2D eigenvalue weighted by Gasteiger charge is -2.35. The molecule has 5 rings (SSSR count). The van der Waals surface area contributed by atoms with E-state index in [9.17, 15) is 28.1 Å². The number of nitrogens with zero attached hydrogens (tertiary/aromatic N) is 3. The molecule has 0 aliphatic heterocycles. The second-order valence-corrected chi connectivity index (χ2v) is 15.4. The molecule has 0 heterocycles. The highest BCUT2D eigenvalue weighted by Crippen LogP contribution is 2.31. The van der Waals surface area contributed by atoms with E-state index in [1.165, 1.54) is 49.3 Å². The summed E-state index contributed by atoms with van der Waals surface area (Å²) < 4.78 is 35.0. The van der Waals surface area contributed by atoms with E-state index in [1.807, 2.05) is 30.3 Å². The topological polar surface area (TPSA) is 139 Å². The highest BCUT2D eigenvalue weighted by Gasteiger charge is 2.36. The Kier molecular flexibility index (Phi) is 12.8. The van der Waals surface area contributed by atoms with Crippen molar-refractivity contribution < 1.29 is 27.7 Å². The van der Waals surface area contributed by atoms with E-state index in [-0.39, 0.29) is 51.8 Å². The van der Waals surface area contributed by atoms with Crippen molar-refractivity contribution in [2.24, 2.45) is 0 Å². The first-order valence-corrected chi connectivity index (χ1v) is 19.1. The lowest BCUT2D eigenvalue weighted by Crippen LogP contribution is -2.55. The Bertz CT molecular complexity index is 2010. The quantitative estimate of drug-likeness (QED) is 0.104. The number of amides is 2. The molecule has 0 spiro atoms. The summed E-state index contributed by atoms with van der Waals surface area (Å²) in [5, 5.41) is 15.6. The van der Waals surface area contributed by atoms with Gasteiger partial charge in [0.25, 0.3) is 15.7 Å². The standard InChI is InChI=1S/C38H40Cl2N4O7S/c1-26-13-20-33(23-35(26)44(47)48)52(49,50)43(31-16-18-32(51-2)19-17-31)25-37(45)42(24-28-14-15-29(39)22-34(28)40)36(21-27-9-5-3-6-10-27)38(46)41-30-11-7-4-8-12-30/h3,5-6,9-10,13-20,22-23,30,36H,4,7-8,11-12,21,24-25H2,1-2H3,(H,41,46)/t36-/m1/s1. The molecule has 1 N–H and O–H groups in total. The van der Waals surface area contributed by atoms with Crippen LogP contribution in [0.3, 0.4) is 0 Å². The number of hydrogen-bond acceptors (Lipinski definition) is 7. The Morgan fingerprint density at radius 1 is 0.962 bits per heavy atom. The zero-order valence-electron chi connectivity index (χ0n) is 28.8.